The van der Waals surface area contributed by atoms with E-state index < -0.39 is 21.1 Å². The third kappa shape index (κ3) is 1.35. The molecule has 14 heavy (non-hydrogen) atoms. The Morgan fingerprint density at radius 2 is 2.07 bits per heavy atom. The van der Waals surface area contributed by atoms with Gasteiger partial charge in [0.15, 0.2) is 0 Å². The highest BCUT2D eigenvalue weighted by Gasteiger charge is 2.18. The van der Waals surface area contributed by atoms with Gasteiger partial charge < -0.3 is 4.98 Å². The molecule has 0 saturated heterocycles. The van der Waals surface area contributed by atoms with Crippen LogP contribution in [0.1, 0.15) is 0 Å². The van der Waals surface area contributed by atoms with Gasteiger partial charge in [0.2, 0.25) is 5.95 Å². The van der Waals surface area contributed by atoms with Crippen molar-refractivity contribution >= 4 is 21.3 Å². The molecule has 0 unspecified atom stereocenters. The van der Waals surface area contributed by atoms with Gasteiger partial charge in [-0.15, -0.1) is 3.89 Å². The summed E-state index contributed by atoms with van der Waals surface area (Å²) >= 11 is 0. The quantitative estimate of drug-likeness (QED) is 0.580. The Bertz CT molecular complexity index is 591. The Hall–Kier alpha value is -1.50. The van der Waals surface area contributed by atoms with E-state index in [1.807, 2.05) is 0 Å². The molecule has 7 heteroatoms. The number of hydrogen-bond donors (Lipinski definition) is 1. The summed E-state index contributed by atoms with van der Waals surface area (Å²) in [6, 6.07) is 2.12. The molecule has 0 amide bonds. The first-order chi connectivity index (χ1) is 6.48. The minimum absolute atomic E-state index is 0.00113. The van der Waals surface area contributed by atoms with Crippen LogP contribution in [0.25, 0.3) is 11.0 Å². The monoisotopic (exact) mass is 218 g/mol. The summed E-state index contributed by atoms with van der Waals surface area (Å²) in [7, 11) is -4.79. The zero-order valence-electron chi connectivity index (χ0n) is 6.66. The number of pyridine rings is 1. The molecule has 74 valence electrons. The van der Waals surface area contributed by atoms with Gasteiger partial charge in [0.1, 0.15) is 10.5 Å². The van der Waals surface area contributed by atoms with Crippen LogP contribution in [0.5, 0.6) is 0 Å². The highest BCUT2D eigenvalue weighted by Crippen LogP contribution is 2.22. The molecular weight excluding hydrogens is 214 g/mol. The summed E-state index contributed by atoms with van der Waals surface area (Å²) in [4.78, 5) is 5.19. The van der Waals surface area contributed by atoms with Crippen molar-refractivity contribution in [2.24, 2.45) is 0 Å². The molecule has 0 fully saturated rings. The van der Waals surface area contributed by atoms with Gasteiger partial charge in [-0.1, -0.05) is 0 Å². The number of aromatic amines is 1. The van der Waals surface area contributed by atoms with E-state index in [0.717, 1.165) is 18.3 Å². The molecule has 0 aliphatic carbocycles. The Labute approximate surface area is 77.8 Å². The Morgan fingerprint density at radius 3 is 2.71 bits per heavy atom. The summed E-state index contributed by atoms with van der Waals surface area (Å²) in [6.07, 6.45) is 0.937. The third-order valence-electron chi connectivity index (χ3n) is 1.73. The first-order valence-corrected chi connectivity index (χ1v) is 4.95. The standard InChI is InChI=1S/C7H4F2N2O2S/c8-6-2-1-4-5(14(9,12)13)3-10-7(4)11-6/h1-3H,(H,10,11). The van der Waals surface area contributed by atoms with Crippen LogP contribution in [0.4, 0.5) is 8.28 Å². The van der Waals surface area contributed by atoms with Crippen LogP contribution >= 0.6 is 0 Å². The molecule has 0 aliphatic heterocycles. The summed E-state index contributed by atoms with van der Waals surface area (Å²) in [6.45, 7) is 0. The van der Waals surface area contributed by atoms with Gasteiger partial charge in [0, 0.05) is 11.6 Å². The average Bonchev–Trinajstić information content (AvgIpc) is 2.45. The predicted molar refractivity (Wildman–Crippen MR) is 44.3 cm³/mol. The molecule has 0 radical (unpaired) electrons. The summed E-state index contributed by atoms with van der Waals surface area (Å²) in [5.74, 6) is -0.762. The van der Waals surface area contributed by atoms with E-state index >= 15 is 0 Å². The van der Waals surface area contributed by atoms with Gasteiger partial charge in [-0.3, -0.25) is 0 Å². The lowest BCUT2D eigenvalue weighted by atomic mass is 10.3. The van der Waals surface area contributed by atoms with E-state index in [4.69, 9.17) is 0 Å². The molecule has 0 aliphatic rings. The molecule has 2 aromatic rings. The fourth-order valence-corrected chi connectivity index (χ4v) is 1.78. The molecule has 2 aromatic heterocycles. The third-order valence-corrected chi connectivity index (χ3v) is 2.59. The summed E-state index contributed by atoms with van der Waals surface area (Å²) in [5.41, 5.74) is 0.00113. The van der Waals surface area contributed by atoms with Crippen molar-refractivity contribution in [1.29, 1.82) is 0 Å². The van der Waals surface area contributed by atoms with Crippen molar-refractivity contribution in [2.45, 2.75) is 4.90 Å². The van der Waals surface area contributed by atoms with E-state index in [0.29, 0.717) is 0 Å². The molecule has 2 heterocycles. The van der Waals surface area contributed by atoms with Crippen LogP contribution in [0.3, 0.4) is 0 Å². The number of nitrogens with one attached hydrogen (secondary N) is 1. The van der Waals surface area contributed by atoms with Crippen LogP contribution in [0.2, 0.25) is 0 Å². The number of halogens is 2. The van der Waals surface area contributed by atoms with E-state index in [1.54, 1.807) is 0 Å². The molecular formula is C7H4F2N2O2S. The second kappa shape index (κ2) is 2.74. The molecule has 4 nitrogen and oxygen atoms in total. The average molecular weight is 218 g/mol. The van der Waals surface area contributed by atoms with Crippen molar-refractivity contribution in [3.05, 3.63) is 24.3 Å². The first kappa shape index (κ1) is 9.07. The number of aromatic nitrogens is 2. The largest absolute Gasteiger partial charge is 0.345 e. The number of H-pyrrole nitrogens is 1. The van der Waals surface area contributed by atoms with Crippen LogP contribution in [-0.4, -0.2) is 18.4 Å². The maximum atomic E-state index is 12.6. The second-order valence-electron chi connectivity index (χ2n) is 2.62. The van der Waals surface area contributed by atoms with Crippen LogP contribution in [0.15, 0.2) is 23.2 Å². The lowest BCUT2D eigenvalue weighted by Gasteiger charge is -1.91. The van der Waals surface area contributed by atoms with Crippen molar-refractivity contribution in [2.75, 3.05) is 0 Å². The highest BCUT2D eigenvalue weighted by molar-refractivity contribution is 7.86. The zero-order chi connectivity index (χ0) is 10.3. The minimum Gasteiger partial charge on any atom is -0.345 e. The van der Waals surface area contributed by atoms with Gasteiger partial charge in [0.05, 0.1) is 0 Å². The van der Waals surface area contributed by atoms with Gasteiger partial charge in [-0.25, -0.2) is 4.98 Å². The smallest absolute Gasteiger partial charge is 0.334 e. The van der Waals surface area contributed by atoms with Crippen LogP contribution in [0, 0.1) is 5.95 Å². The van der Waals surface area contributed by atoms with E-state index in [9.17, 15) is 16.7 Å². The predicted octanol–water partition coefficient (Wildman–Crippen LogP) is 1.36. The summed E-state index contributed by atoms with van der Waals surface area (Å²) in [5, 5.41) is 0.0360. The number of nitrogens with zero attached hydrogens (tertiary/aromatic N) is 1. The number of rotatable bonds is 1. The molecule has 0 spiro atoms. The maximum absolute atomic E-state index is 12.6. The molecule has 0 bridgehead atoms. The molecule has 1 N–H and O–H groups in total. The fraction of sp³-hybridized carbons (Fsp3) is 0. The Morgan fingerprint density at radius 1 is 1.36 bits per heavy atom. The lowest BCUT2D eigenvalue weighted by Crippen LogP contribution is -1.90. The van der Waals surface area contributed by atoms with Crippen molar-refractivity contribution in [3.63, 3.8) is 0 Å². The molecule has 0 atom stereocenters. The van der Waals surface area contributed by atoms with E-state index in [2.05, 4.69) is 9.97 Å². The first-order valence-electron chi connectivity index (χ1n) is 3.57. The van der Waals surface area contributed by atoms with Crippen LogP contribution < -0.4 is 0 Å². The molecule has 0 aromatic carbocycles. The number of hydrogen-bond acceptors (Lipinski definition) is 3. The van der Waals surface area contributed by atoms with Crippen molar-refractivity contribution in [3.8, 4) is 0 Å². The SMILES string of the molecule is O=S(=O)(F)c1c[nH]c2nc(F)ccc12. The minimum atomic E-state index is -4.79. The normalized spacial score (nSPS) is 12.1. The molecule has 0 saturated carbocycles. The van der Waals surface area contributed by atoms with Gasteiger partial charge in [-0.05, 0) is 12.1 Å². The maximum Gasteiger partial charge on any atom is 0.334 e. The van der Waals surface area contributed by atoms with Crippen molar-refractivity contribution < 1.29 is 16.7 Å². The topological polar surface area (TPSA) is 62.8 Å². The van der Waals surface area contributed by atoms with Gasteiger partial charge in [-0.2, -0.15) is 12.8 Å². The zero-order valence-corrected chi connectivity index (χ0v) is 7.48. The highest BCUT2D eigenvalue weighted by atomic mass is 32.3. The lowest BCUT2D eigenvalue weighted by molar-refractivity contribution is 0.553. The second-order valence-corrected chi connectivity index (χ2v) is 3.94. The Balaban J connectivity index is 2.83. The summed E-state index contributed by atoms with van der Waals surface area (Å²) < 4.78 is 46.4. The van der Waals surface area contributed by atoms with Crippen molar-refractivity contribution in [1.82, 2.24) is 9.97 Å². The van der Waals surface area contributed by atoms with Gasteiger partial charge in [0.25, 0.3) is 0 Å². The van der Waals surface area contributed by atoms with Crippen LogP contribution in [-0.2, 0) is 10.2 Å². The van der Waals surface area contributed by atoms with Gasteiger partial charge >= 0.3 is 10.2 Å². The molecule has 2 rings (SSSR count). The number of fused-ring (bicyclic) bond motifs is 1. The van der Waals surface area contributed by atoms with E-state index in [-0.39, 0.29) is 11.0 Å². The Kier molecular flexibility index (Phi) is 1.78. The fourth-order valence-electron chi connectivity index (χ4n) is 1.16. The van der Waals surface area contributed by atoms with E-state index in [1.165, 1.54) is 0 Å².